The predicted molar refractivity (Wildman–Crippen MR) is 109 cm³/mol. The summed E-state index contributed by atoms with van der Waals surface area (Å²) in [5.74, 6) is 1.65. The van der Waals surface area contributed by atoms with Crippen molar-refractivity contribution in [2.75, 3.05) is 18.6 Å². The van der Waals surface area contributed by atoms with Gasteiger partial charge in [-0.3, -0.25) is 13.9 Å². The Morgan fingerprint density at radius 2 is 2.04 bits per heavy atom. The third-order valence-electron chi connectivity index (χ3n) is 5.13. The Kier molecular flexibility index (Phi) is 4.33. The lowest BCUT2D eigenvalue weighted by Crippen LogP contribution is -2.40. The van der Waals surface area contributed by atoms with Gasteiger partial charge in [0.05, 0.1) is 12.8 Å². The molecule has 0 fully saturated rings. The number of para-hydroxylation sites is 2. The van der Waals surface area contributed by atoms with Crippen LogP contribution in [0.15, 0.2) is 46.5 Å². The Morgan fingerprint density at radius 3 is 2.75 bits per heavy atom. The Balaban J connectivity index is 2.04. The SMILES string of the molecule is C=CCn1c(=O)c2c(nc3n2C[C@H](C)CN3c2ccccc2OC)n(C)c1=O. The summed E-state index contributed by atoms with van der Waals surface area (Å²) in [7, 11) is 3.27. The normalized spacial score (nSPS) is 16.2. The molecule has 8 heteroatoms. The second-order valence-electron chi connectivity index (χ2n) is 7.13. The zero-order valence-corrected chi connectivity index (χ0v) is 16.3. The summed E-state index contributed by atoms with van der Waals surface area (Å²) < 4.78 is 10.1. The average molecular weight is 381 g/mol. The lowest BCUT2D eigenvalue weighted by Gasteiger charge is -2.33. The molecule has 1 aromatic carbocycles. The van der Waals surface area contributed by atoms with Crippen molar-refractivity contribution >= 4 is 22.8 Å². The van der Waals surface area contributed by atoms with E-state index in [-0.39, 0.29) is 18.0 Å². The highest BCUT2D eigenvalue weighted by atomic mass is 16.5. The minimum absolute atomic E-state index is 0.160. The lowest BCUT2D eigenvalue weighted by molar-refractivity contribution is 0.409. The fourth-order valence-corrected chi connectivity index (χ4v) is 3.85. The molecule has 4 rings (SSSR count). The minimum atomic E-state index is -0.398. The first-order valence-corrected chi connectivity index (χ1v) is 9.19. The van der Waals surface area contributed by atoms with Crippen molar-refractivity contribution in [2.24, 2.45) is 13.0 Å². The highest BCUT2D eigenvalue weighted by Gasteiger charge is 2.30. The van der Waals surface area contributed by atoms with Gasteiger partial charge in [0.25, 0.3) is 5.56 Å². The molecule has 3 aromatic rings. The minimum Gasteiger partial charge on any atom is -0.495 e. The van der Waals surface area contributed by atoms with E-state index in [1.807, 2.05) is 28.8 Å². The first-order valence-electron chi connectivity index (χ1n) is 9.19. The summed E-state index contributed by atoms with van der Waals surface area (Å²) in [4.78, 5) is 32.5. The maximum Gasteiger partial charge on any atom is 0.332 e. The zero-order chi connectivity index (χ0) is 20.0. The summed E-state index contributed by atoms with van der Waals surface area (Å²) in [6.45, 7) is 7.33. The quantitative estimate of drug-likeness (QED) is 0.645. The first-order chi connectivity index (χ1) is 13.5. The molecule has 3 heterocycles. The average Bonchev–Trinajstić information content (AvgIpc) is 3.08. The molecular formula is C20H23N5O3. The molecule has 0 unspecified atom stereocenters. The van der Waals surface area contributed by atoms with Crippen molar-refractivity contribution in [3.05, 3.63) is 57.8 Å². The van der Waals surface area contributed by atoms with Gasteiger partial charge in [-0.1, -0.05) is 25.1 Å². The number of hydrogen-bond donors (Lipinski definition) is 0. The van der Waals surface area contributed by atoms with Gasteiger partial charge in [0, 0.05) is 26.7 Å². The van der Waals surface area contributed by atoms with Crippen LogP contribution in [0, 0.1) is 5.92 Å². The van der Waals surface area contributed by atoms with E-state index in [1.165, 1.54) is 9.13 Å². The number of fused-ring (bicyclic) bond motifs is 3. The van der Waals surface area contributed by atoms with E-state index in [9.17, 15) is 9.59 Å². The Labute approximate surface area is 161 Å². The Morgan fingerprint density at radius 1 is 1.29 bits per heavy atom. The second kappa shape index (κ2) is 6.70. The maximum atomic E-state index is 13.1. The van der Waals surface area contributed by atoms with Crippen LogP contribution in [0.25, 0.3) is 11.2 Å². The summed E-state index contributed by atoms with van der Waals surface area (Å²) >= 11 is 0. The molecule has 0 aliphatic carbocycles. The van der Waals surface area contributed by atoms with Gasteiger partial charge >= 0.3 is 5.69 Å². The fraction of sp³-hybridized carbons (Fsp3) is 0.350. The summed E-state index contributed by atoms with van der Waals surface area (Å²) in [6.07, 6.45) is 1.55. The number of hydrogen-bond acceptors (Lipinski definition) is 5. The molecule has 0 amide bonds. The van der Waals surface area contributed by atoms with E-state index < -0.39 is 5.69 Å². The number of aryl methyl sites for hydroxylation is 1. The van der Waals surface area contributed by atoms with Crippen LogP contribution in [0.5, 0.6) is 5.75 Å². The Bertz CT molecular complexity index is 1190. The second-order valence-corrected chi connectivity index (χ2v) is 7.13. The fourth-order valence-electron chi connectivity index (χ4n) is 3.85. The monoisotopic (exact) mass is 381 g/mol. The van der Waals surface area contributed by atoms with Crippen LogP contribution in [0.3, 0.4) is 0 Å². The molecule has 0 bridgehead atoms. The van der Waals surface area contributed by atoms with Crippen molar-refractivity contribution in [3.63, 3.8) is 0 Å². The van der Waals surface area contributed by atoms with Crippen LogP contribution in [0.2, 0.25) is 0 Å². The van der Waals surface area contributed by atoms with Gasteiger partial charge in [0.2, 0.25) is 5.95 Å². The molecular weight excluding hydrogens is 358 g/mol. The van der Waals surface area contributed by atoms with Gasteiger partial charge in [-0.2, -0.15) is 4.98 Å². The smallest absolute Gasteiger partial charge is 0.332 e. The van der Waals surface area contributed by atoms with Crippen molar-refractivity contribution in [3.8, 4) is 5.75 Å². The molecule has 0 spiro atoms. The predicted octanol–water partition coefficient (Wildman–Crippen LogP) is 1.88. The molecule has 0 saturated heterocycles. The number of imidazole rings is 1. The van der Waals surface area contributed by atoms with Crippen molar-refractivity contribution in [2.45, 2.75) is 20.0 Å². The number of benzene rings is 1. The van der Waals surface area contributed by atoms with Gasteiger partial charge in [0.15, 0.2) is 11.2 Å². The van der Waals surface area contributed by atoms with Crippen molar-refractivity contribution in [1.29, 1.82) is 0 Å². The van der Waals surface area contributed by atoms with E-state index in [2.05, 4.69) is 18.4 Å². The van der Waals surface area contributed by atoms with Crippen LogP contribution >= 0.6 is 0 Å². The van der Waals surface area contributed by atoms with Gasteiger partial charge in [0.1, 0.15) is 5.75 Å². The van der Waals surface area contributed by atoms with E-state index in [0.717, 1.165) is 18.0 Å². The van der Waals surface area contributed by atoms with E-state index >= 15 is 0 Å². The first kappa shape index (κ1) is 18.1. The molecule has 1 aliphatic rings. The van der Waals surface area contributed by atoms with Gasteiger partial charge < -0.3 is 14.2 Å². The van der Waals surface area contributed by atoms with Crippen molar-refractivity contribution in [1.82, 2.24) is 18.7 Å². The van der Waals surface area contributed by atoms with Gasteiger partial charge in [-0.15, -0.1) is 6.58 Å². The summed E-state index contributed by atoms with van der Waals surface area (Å²) in [5.41, 5.74) is 0.963. The molecule has 0 N–H and O–H groups in total. The highest BCUT2D eigenvalue weighted by molar-refractivity contribution is 5.78. The number of allylic oxidation sites excluding steroid dienone is 1. The number of rotatable bonds is 4. The number of aromatic nitrogens is 4. The van der Waals surface area contributed by atoms with Gasteiger partial charge in [-0.25, -0.2) is 4.79 Å². The number of anilines is 2. The zero-order valence-electron chi connectivity index (χ0n) is 16.3. The Hall–Kier alpha value is -3.29. The molecule has 2 aromatic heterocycles. The molecule has 0 radical (unpaired) electrons. The molecule has 28 heavy (non-hydrogen) atoms. The molecule has 8 nitrogen and oxygen atoms in total. The van der Waals surface area contributed by atoms with Crippen LogP contribution in [-0.2, 0) is 20.1 Å². The molecule has 146 valence electrons. The summed E-state index contributed by atoms with van der Waals surface area (Å²) in [5, 5.41) is 0. The van der Waals surface area contributed by atoms with E-state index in [4.69, 9.17) is 9.72 Å². The maximum absolute atomic E-state index is 13.1. The van der Waals surface area contributed by atoms with Crippen LogP contribution < -0.4 is 20.9 Å². The molecule has 1 atom stereocenters. The standard InChI is InChI=1S/C20H23N5O3/c1-5-10-23-18(26)16-17(22(3)20(23)27)21-19-24(11-13(2)12-25(16)19)14-8-6-7-9-15(14)28-4/h5-9,13H,1,10-12H2,2-4H3/t13-/m1/s1. The lowest BCUT2D eigenvalue weighted by atomic mass is 10.1. The van der Waals surface area contributed by atoms with Crippen molar-refractivity contribution < 1.29 is 4.74 Å². The summed E-state index contributed by atoms with van der Waals surface area (Å²) in [6, 6.07) is 7.72. The van der Waals surface area contributed by atoms with E-state index in [0.29, 0.717) is 23.7 Å². The van der Waals surface area contributed by atoms with Gasteiger partial charge in [-0.05, 0) is 18.1 Å². The van der Waals surface area contributed by atoms with Crippen LogP contribution in [-0.4, -0.2) is 32.3 Å². The van der Waals surface area contributed by atoms with E-state index in [1.54, 1.807) is 20.2 Å². The highest BCUT2D eigenvalue weighted by Crippen LogP contribution is 2.37. The van der Waals surface area contributed by atoms with Crippen LogP contribution in [0.1, 0.15) is 6.92 Å². The molecule has 0 saturated carbocycles. The largest absolute Gasteiger partial charge is 0.495 e. The molecule has 1 aliphatic heterocycles. The third kappa shape index (κ3) is 2.56. The number of methoxy groups -OCH3 is 1. The van der Waals surface area contributed by atoms with Crippen LogP contribution in [0.4, 0.5) is 11.6 Å². The number of ether oxygens (including phenoxy) is 1. The topological polar surface area (TPSA) is 74.3 Å². The number of nitrogens with zero attached hydrogens (tertiary/aromatic N) is 5. The third-order valence-corrected chi connectivity index (χ3v) is 5.13.